The third-order valence-corrected chi connectivity index (χ3v) is 3.03. The van der Waals surface area contributed by atoms with Crippen molar-refractivity contribution in [2.24, 2.45) is 0 Å². The second kappa shape index (κ2) is 4.67. The Hall–Kier alpha value is -1.33. The number of carbonyl (C=O) groups is 1. The number of nitrogens with zero attached hydrogens (tertiary/aromatic N) is 1. The normalized spacial score (nSPS) is 21.4. The minimum Gasteiger partial charge on any atom is -0.478 e. The van der Waals surface area contributed by atoms with Gasteiger partial charge in [0.1, 0.15) is 11.3 Å². The fourth-order valence-electron chi connectivity index (χ4n) is 2.15. The average molecular weight is 225 g/mol. The largest absolute Gasteiger partial charge is 0.478 e. The Morgan fingerprint density at radius 1 is 1.62 bits per heavy atom. The van der Waals surface area contributed by atoms with Crippen LogP contribution in [0.3, 0.4) is 0 Å². The van der Waals surface area contributed by atoms with Crippen molar-refractivity contribution in [3.05, 3.63) is 23.7 Å². The summed E-state index contributed by atoms with van der Waals surface area (Å²) < 4.78 is 5.18. The first kappa shape index (κ1) is 11.2. The molecule has 0 aromatic carbocycles. The van der Waals surface area contributed by atoms with Gasteiger partial charge in [-0.1, -0.05) is 0 Å². The Morgan fingerprint density at radius 2 is 2.44 bits per heavy atom. The molecule has 1 atom stereocenters. The van der Waals surface area contributed by atoms with Crippen LogP contribution in [0.1, 0.15) is 29.0 Å². The van der Waals surface area contributed by atoms with E-state index >= 15 is 0 Å². The van der Waals surface area contributed by atoms with Gasteiger partial charge in [-0.05, 0) is 25.5 Å². The number of hydrogen-bond donors (Lipinski definition) is 2. The molecule has 1 unspecified atom stereocenters. The van der Waals surface area contributed by atoms with Crippen LogP contribution in [-0.4, -0.2) is 40.3 Å². The average Bonchev–Trinajstić information content (AvgIpc) is 2.86. The number of furan rings is 1. The molecule has 1 aromatic heterocycles. The van der Waals surface area contributed by atoms with Crippen LogP contribution < -0.4 is 0 Å². The highest BCUT2D eigenvalue weighted by Gasteiger charge is 2.26. The molecule has 1 saturated heterocycles. The van der Waals surface area contributed by atoms with Gasteiger partial charge in [0.05, 0.1) is 19.4 Å². The maximum atomic E-state index is 10.9. The molecule has 0 amide bonds. The van der Waals surface area contributed by atoms with Gasteiger partial charge in [0.2, 0.25) is 0 Å². The van der Waals surface area contributed by atoms with E-state index in [4.69, 9.17) is 14.6 Å². The lowest BCUT2D eigenvalue weighted by Crippen LogP contribution is -2.31. The third-order valence-electron chi connectivity index (χ3n) is 3.03. The monoisotopic (exact) mass is 225 g/mol. The summed E-state index contributed by atoms with van der Waals surface area (Å²) in [6, 6.07) is 1.59. The minimum atomic E-state index is -0.969. The summed E-state index contributed by atoms with van der Waals surface area (Å²) in [6.45, 7) is 1.45. The van der Waals surface area contributed by atoms with Gasteiger partial charge in [0.25, 0.3) is 0 Å². The van der Waals surface area contributed by atoms with E-state index in [0.29, 0.717) is 12.3 Å². The zero-order valence-electron chi connectivity index (χ0n) is 8.93. The molecule has 0 spiro atoms. The lowest BCUT2D eigenvalue weighted by molar-refractivity contribution is 0.0691. The minimum absolute atomic E-state index is 0.114. The predicted molar refractivity (Wildman–Crippen MR) is 56.2 cm³/mol. The molecular weight excluding hydrogens is 210 g/mol. The van der Waals surface area contributed by atoms with E-state index in [1.54, 1.807) is 0 Å². The van der Waals surface area contributed by atoms with Crippen LogP contribution in [-0.2, 0) is 6.54 Å². The summed E-state index contributed by atoms with van der Waals surface area (Å²) in [5.41, 5.74) is 0.212. The first-order valence-corrected chi connectivity index (χ1v) is 5.37. The third kappa shape index (κ3) is 2.10. The van der Waals surface area contributed by atoms with Gasteiger partial charge in [-0.15, -0.1) is 0 Å². The molecule has 2 heterocycles. The topological polar surface area (TPSA) is 73.9 Å². The Kier molecular flexibility index (Phi) is 3.26. The number of aromatic carboxylic acids is 1. The number of likely N-dealkylation sites (tertiary alicyclic amines) is 1. The summed E-state index contributed by atoms with van der Waals surface area (Å²) in [6.07, 6.45) is 3.39. The first-order valence-electron chi connectivity index (χ1n) is 5.37. The lowest BCUT2D eigenvalue weighted by Gasteiger charge is -2.21. The second-order valence-corrected chi connectivity index (χ2v) is 4.01. The van der Waals surface area contributed by atoms with Crippen molar-refractivity contribution >= 4 is 5.97 Å². The van der Waals surface area contributed by atoms with Crippen molar-refractivity contribution in [1.82, 2.24) is 4.90 Å². The zero-order valence-corrected chi connectivity index (χ0v) is 8.93. The van der Waals surface area contributed by atoms with Crippen LogP contribution in [0, 0.1) is 0 Å². The SMILES string of the molecule is O=C(O)c1ccoc1CN1CCCC1CO. The number of rotatable bonds is 4. The molecule has 2 rings (SSSR count). The molecule has 2 N–H and O–H groups in total. The zero-order chi connectivity index (χ0) is 11.5. The molecule has 16 heavy (non-hydrogen) atoms. The van der Waals surface area contributed by atoms with Crippen LogP contribution in [0.15, 0.2) is 16.7 Å². The quantitative estimate of drug-likeness (QED) is 0.797. The predicted octanol–water partition coefficient (Wildman–Crippen LogP) is 0.934. The van der Waals surface area contributed by atoms with Crippen molar-refractivity contribution in [3.63, 3.8) is 0 Å². The second-order valence-electron chi connectivity index (χ2n) is 4.01. The molecular formula is C11H15NO4. The van der Waals surface area contributed by atoms with Crippen LogP contribution >= 0.6 is 0 Å². The fraction of sp³-hybridized carbons (Fsp3) is 0.545. The highest BCUT2D eigenvalue weighted by atomic mass is 16.4. The van der Waals surface area contributed by atoms with E-state index in [1.165, 1.54) is 12.3 Å². The van der Waals surface area contributed by atoms with Crippen molar-refractivity contribution in [2.75, 3.05) is 13.2 Å². The standard InChI is InChI=1S/C11H15NO4/c13-7-8-2-1-4-12(8)6-10-9(11(14)15)3-5-16-10/h3,5,8,13H,1-2,4,6-7H2,(H,14,15). The van der Waals surface area contributed by atoms with Crippen molar-refractivity contribution in [2.45, 2.75) is 25.4 Å². The first-order chi connectivity index (χ1) is 7.72. The van der Waals surface area contributed by atoms with Crippen LogP contribution in [0.2, 0.25) is 0 Å². The molecule has 5 heteroatoms. The molecule has 0 aliphatic carbocycles. The maximum absolute atomic E-state index is 10.9. The lowest BCUT2D eigenvalue weighted by atomic mass is 10.2. The highest BCUT2D eigenvalue weighted by molar-refractivity contribution is 5.88. The van der Waals surface area contributed by atoms with Gasteiger partial charge in [-0.3, -0.25) is 4.90 Å². The number of carboxylic acid groups (broad SMARTS) is 1. The van der Waals surface area contributed by atoms with Crippen molar-refractivity contribution in [1.29, 1.82) is 0 Å². The molecule has 1 aromatic rings. The Morgan fingerprint density at radius 3 is 3.12 bits per heavy atom. The van der Waals surface area contributed by atoms with Gasteiger partial charge < -0.3 is 14.6 Å². The summed E-state index contributed by atoms with van der Waals surface area (Å²) in [4.78, 5) is 12.9. The summed E-state index contributed by atoms with van der Waals surface area (Å²) >= 11 is 0. The maximum Gasteiger partial charge on any atom is 0.339 e. The van der Waals surface area contributed by atoms with E-state index < -0.39 is 5.97 Å². The highest BCUT2D eigenvalue weighted by Crippen LogP contribution is 2.21. The Balaban J connectivity index is 2.08. The van der Waals surface area contributed by atoms with Gasteiger partial charge in [0.15, 0.2) is 0 Å². The molecule has 5 nitrogen and oxygen atoms in total. The molecule has 1 aliphatic rings. The Labute approximate surface area is 93.3 Å². The van der Waals surface area contributed by atoms with Crippen LogP contribution in [0.25, 0.3) is 0 Å². The summed E-state index contributed by atoms with van der Waals surface area (Å²) in [7, 11) is 0. The molecule has 0 saturated carbocycles. The van der Waals surface area contributed by atoms with E-state index in [1.807, 2.05) is 0 Å². The van der Waals surface area contributed by atoms with Crippen molar-refractivity contribution in [3.8, 4) is 0 Å². The number of aliphatic hydroxyl groups excluding tert-OH is 1. The number of hydrogen-bond acceptors (Lipinski definition) is 4. The van der Waals surface area contributed by atoms with Gasteiger partial charge in [0, 0.05) is 6.04 Å². The molecule has 88 valence electrons. The van der Waals surface area contributed by atoms with E-state index in [0.717, 1.165) is 19.4 Å². The molecule has 1 aliphatic heterocycles. The number of carboxylic acids is 1. The van der Waals surface area contributed by atoms with Crippen molar-refractivity contribution < 1.29 is 19.4 Å². The van der Waals surface area contributed by atoms with Gasteiger partial charge in [-0.25, -0.2) is 4.79 Å². The van der Waals surface area contributed by atoms with E-state index in [9.17, 15) is 4.79 Å². The molecule has 0 radical (unpaired) electrons. The summed E-state index contributed by atoms with van der Waals surface area (Å²) in [5, 5.41) is 18.1. The van der Waals surface area contributed by atoms with Crippen LogP contribution in [0.5, 0.6) is 0 Å². The molecule has 1 fully saturated rings. The summed E-state index contributed by atoms with van der Waals surface area (Å²) in [5.74, 6) is -0.503. The van der Waals surface area contributed by atoms with Gasteiger partial charge >= 0.3 is 5.97 Å². The molecule has 0 bridgehead atoms. The fourth-order valence-corrected chi connectivity index (χ4v) is 2.15. The van der Waals surface area contributed by atoms with E-state index in [2.05, 4.69) is 4.90 Å². The van der Waals surface area contributed by atoms with Crippen LogP contribution in [0.4, 0.5) is 0 Å². The number of aliphatic hydroxyl groups is 1. The Bertz CT molecular complexity index is 374. The van der Waals surface area contributed by atoms with Gasteiger partial charge in [-0.2, -0.15) is 0 Å². The smallest absolute Gasteiger partial charge is 0.339 e. The van der Waals surface area contributed by atoms with E-state index in [-0.39, 0.29) is 18.2 Å².